The van der Waals surface area contributed by atoms with Crippen molar-refractivity contribution in [2.24, 2.45) is 0 Å². The summed E-state index contributed by atoms with van der Waals surface area (Å²) in [6, 6.07) is 0. The maximum absolute atomic E-state index is 4.12. The van der Waals surface area contributed by atoms with Gasteiger partial charge in [-0.1, -0.05) is 59.1 Å². The highest BCUT2D eigenvalue weighted by molar-refractivity contribution is 8.78. The Hall–Kier alpha value is 1.22. The van der Waals surface area contributed by atoms with E-state index in [0.29, 0.717) is 0 Å². The van der Waals surface area contributed by atoms with E-state index in [0.717, 1.165) is 17.4 Å². The fourth-order valence-electron chi connectivity index (χ4n) is 0.743. The topological polar surface area (TPSA) is 51.6 Å². The maximum atomic E-state index is 4.12. The lowest BCUT2D eigenvalue weighted by Gasteiger charge is -1.89. The molecule has 0 aliphatic rings. The van der Waals surface area contributed by atoms with Crippen molar-refractivity contribution in [3.63, 3.8) is 0 Å². The van der Waals surface area contributed by atoms with E-state index in [-0.39, 0.29) is 14.9 Å². The summed E-state index contributed by atoms with van der Waals surface area (Å²) in [5, 5.41) is 16.4. The highest BCUT2D eigenvalue weighted by Gasteiger charge is 2.09. The number of aromatic nitrogens is 4. The lowest BCUT2D eigenvalue weighted by atomic mass is 11.6. The Morgan fingerprint density at radius 2 is 0.900 bits per heavy atom. The van der Waals surface area contributed by atoms with E-state index in [9.17, 15) is 0 Å². The van der Waals surface area contributed by atoms with E-state index in [4.69, 9.17) is 0 Å². The molecule has 2 aromatic heterocycles. The second kappa shape index (κ2) is 11.7. The molecule has 0 aliphatic carbocycles. The van der Waals surface area contributed by atoms with Crippen LogP contribution < -0.4 is 0 Å². The Bertz CT molecular complexity index is 442. The molecule has 4 nitrogen and oxygen atoms in total. The second-order valence-corrected chi connectivity index (χ2v) is 12.2. The van der Waals surface area contributed by atoms with Gasteiger partial charge in [0.05, 0.1) is 0 Å². The molecule has 0 fully saturated rings. The van der Waals surface area contributed by atoms with Gasteiger partial charge in [-0.05, 0) is 55.7 Å². The van der Waals surface area contributed by atoms with E-state index in [1.165, 1.54) is 0 Å². The fourth-order valence-corrected chi connectivity index (χ4v) is 8.65. The zero-order chi connectivity index (χ0) is 12.8. The minimum Gasteiger partial charge on any atom is -0.130 e. The van der Waals surface area contributed by atoms with Crippen LogP contribution >= 0.6 is 87.4 Å². The van der Waals surface area contributed by atoms with Crippen LogP contribution in [0, 0.1) is 0 Å². The van der Waals surface area contributed by atoms with Crippen LogP contribution in [0.5, 0.6) is 0 Å². The van der Waals surface area contributed by atoms with Gasteiger partial charge < -0.3 is 0 Å². The molecule has 12 heteroatoms. The van der Waals surface area contributed by atoms with Gasteiger partial charge in [0, 0.05) is 0 Å². The first-order valence-corrected chi connectivity index (χ1v) is 13.1. The van der Waals surface area contributed by atoms with Crippen LogP contribution in [-0.4, -0.2) is 32.9 Å². The summed E-state index contributed by atoms with van der Waals surface area (Å²) in [6.45, 7) is 0. The Balaban J connectivity index is 0.00000180. The number of hydrogen-bond donors (Lipinski definition) is 0. The summed E-state index contributed by atoms with van der Waals surface area (Å²) in [6.07, 6.45) is 4.06. The normalized spacial score (nSPS) is 9.90. The summed E-state index contributed by atoms with van der Waals surface area (Å²) in [4.78, 5) is 0. The summed E-state index contributed by atoms with van der Waals surface area (Å²) >= 11 is 3.21. The molecule has 0 spiro atoms. The lowest BCUT2D eigenvalue weighted by Crippen LogP contribution is -1.69. The average Bonchev–Trinajstić information content (AvgIpc) is 2.97. The van der Waals surface area contributed by atoms with E-state index < -0.39 is 0 Å². The molecule has 2 heterocycles. The van der Waals surface area contributed by atoms with Gasteiger partial charge in [-0.2, -0.15) is 0 Å². The summed E-state index contributed by atoms with van der Waals surface area (Å²) in [7, 11) is 9.79. The molecule has 0 aromatic carbocycles. The van der Waals surface area contributed by atoms with Gasteiger partial charge in [-0.3, -0.25) is 0 Å². The molecule has 0 atom stereocenters. The summed E-state index contributed by atoms with van der Waals surface area (Å²) in [5.74, 6) is 0. The monoisotopic (exact) mass is 422 g/mol. The maximum Gasteiger partial charge on any atom is 0.186 e. The largest absolute Gasteiger partial charge is 0.186 e. The molecule has 0 saturated carbocycles. The van der Waals surface area contributed by atoms with Crippen LogP contribution in [0.2, 0.25) is 0 Å². The number of nitrogens with zero attached hydrogens (tertiary/aromatic N) is 4. The van der Waals surface area contributed by atoms with Gasteiger partial charge in [0.15, 0.2) is 17.4 Å². The molecule has 0 aliphatic heterocycles. The van der Waals surface area contributed by atoms with Crippen LogP contribution in [0.3, 0.4) is 0 Å². The van der Waals surface area contributed by atoms with Crippen LogP contribution in [0.4, 0.5) is 0 Å². The average molecular weight is 423 g/mol. The molecule has 0 amide bonds. The van der Waals surface area contributed by atoms with Crippen molar-refractivity contribution in [2.45, 2.75) is 32.2 Å². The Labute approximate surface area is 151 Å². The Morgan fingerprint density at radius 3 is 1.20 bits per heavy atom. The molecule has 0 bridgehead atoms. The first-order chi connectivity index (χ1) is 8.81. The molecule has 0 N–H and O–H groups in total. The van der Waals surface area contributed by atoms with Crippen LogP contribution in [0.15, 0.2) is 17.4 Å². The van der Waals surface area contributed by atoms with E-state index in [2.05, 4.69) is 20.4 Å². The quantitative estimate of drug-likeness (QED) is 0.482. The van der Waals surface area contributed by atoms with Crippen molar-refractivity contribution in [1.82, 2.24) is 20.4 Å². The first kappa shape index (κ1) is 21.2. The van der Waals surface area contributed by atoms with Crippen molar-refractivity contribution < 1.29 is 0 Å². The zero-order valence-corrected chi connectivity index (χ0v) is 15.6. The second-order valence-electron chi connectivity index (χ2n) is 2.33. The summed E-state index contributed by atoms with van der Waals surface area (Å²) < 4.78 is 3.87. The van der Waals surface area contributed by atoms with Crippen molar-refractivity contribution in [3.05, 3.63) is 0 Å². The zero-order valence-electron chi connectivity index (χ0n) is 9.05. The minimum atomic E-state index is 0. The van der Waals surface area contributed by atoms with Gasteiger partial charge in [-0.25, -0.2) is 0 Å². The molecule has 0 unspecified atom stereocenters. The minimum absolute atomic E-state index is 0. The van der Waals surface area contributed by atoms with Gasteiger partial charge in [0.2, 0.25) is 0 Å². The van der Waals surface area contributed by atoms with E-state index >= 15 is 0 Å². The molecule has 2 rings (SSSR count). The van der Waals surface area contributed by atoms with Gasteiger partial charge in [-0.15, -0.1) is 20.4 Å². The third-order valence-electron chi connectivity index (χ3n) is 1.27. The molecule has 0 radical (unpaired) electrons. The van der Waals surface area contributed by atoms with Crippen LogP contribution in [-0.2, 0) is 0 Å². The molecular formula is C8H14N4S8. The van der Waals surface area contributed by atoms with E-state index in [1.807, 2.05) is 12.5 Å². The Kier molecular flexibility index (Phi) is 12.5. The molecular weight excluding hydrogens is 409 g/mol. The number of hydrogen-bond acceptors (Lipinski definition) is 12. The van der Waals surface area contributed by atoms with Crippen LogP contribution in [0.1, 0.15) is 14.9 Å². The first-order valence-electron chi connectivity index (χ1n) is 4.24. The molecule has 0 saturated heterocycles. The summed E-state index contributed by atoms with van der Waals surface area (Å²) in [5.41, 5.74) is 0. The van der Waals surface area contributed by atoms with E-state index in [1.54, 1.807) is 87.4 Å². The van der Waals surface area contributed by atoms with Gasteiger partial charge in [0.25, 0.3) is 0 Å². The predicted molar refractivity (Wildman–Crippen MR) is 104 cm³/mol. The van der Waals surface area contributed by atoms with Gasteiger partial charge >= 0.3 is 0 Å². The molecule has 20 heavy (non-hydrogen) atoms. The smallest absolute Gasteiger partial charge is 0.130 e. The number of rotatable bonds is 7. The molecule has 114 valence electrons. The predicted octanol–water partition coefficient (Wildman–Crippen LogP) is 6.20. The molecule has 2 aromatic rings. The van der Waals surface area contributed by atoms with Crippen LogP contribution in [0.25, 0.3) is 0 Å². The van der Waals surface area contributed by atoms with Gasteiger partial charge in [0.1, 0.15) is 0 Å². The highest BCUT2D eigenvalue weighted by Crippen LogP contribution is 2.44. The standard InChI is InChI=1S/C6H6N4S8.2CH4/c1-11-15-3-7-9-5(13-3)17-18-6-10-8-4(14-6)16-12-2;;/h1-2H3;2*1H4. The highest BCUT2D eigenvalue weighted by atomic mass is 33.1. The van der Waals surface area contributed by atoms with Crippen molar-refractivity contribution in [1.29, 1.82) is 0 Å². The lowest BCUT2D eigenvalue weighted by molar-refractivity contribution is 0.956. The third kappa shape index (κ3) is 6.99. The van der Waals surface area contributed by atoms with Crippen molar-refractivity contribution in [2.75, 3.05) is 12.5 Å². The van der Waals surface area contributed by atoms with Crippen molar-refractivity contribution in [3.8, 4) is 0 Å². The fraction of sp³-hybridized carbons (Fsp3) is 0.500. The van der Waals surface area contributed by atoms with Crippen molar-refractivity contribution >= 4 is 87.4 Å². The Morgan fingerprint density at radius 1 is 0.600 bits per heavy atom. The SMILES string of the molecule is C.C.CSSc1nnc(SSc2nnc(SSC)s2)s1. The third-order valence-corrected chi connectivity index (χ3v) is 10.0.